The van der Waals surface area contributed by atoms with Crippen LogP contribution in [0, 0.1) is 0 Å². The molecule has 0 bridgehead atoms. The molecule has 7 heteroatoms. The largest absolute Gasteiger partial charge is 0.469 e. The number of ether oxygens (including phenoxy) is 1. The van der Waals surface area contributed by atoms with Crippen molar-refractivity contribution in [1.29, 1.82) is 0 Å². The summed E-state index contributed by atoms with van der Waals surface area (Å²) in [4.78, 5) is 14.2. The van der Waals surface area contributed by atoms with Gasteiger partial charge in [-0.3, -0.25) is 4.79 Å². The van der Waals surface area contributed by atoms with Gasteiger partial charge in [0.05, 0.1) is 20.3 Å². The topological polar surface area (TPSA) is 44.8 Å². The molecule has 2 rings (SSSR count). The Morgan fingerprint density at radius 1 is 0.854 bits per heavy atom. The van der Waals surface area contributed by atoms with Crippen molar-refractivity contribution in [3.05, 3.63) is 62.9 Å². The average molecular weight is 617 g/mol. The molecule has 0 atom stereocenters. The zero-order valence-electron chi connectivity index (χ0n) is 28.0. The van der Waals surface area contributed by atoms with Crippen LogP contribution in [0.3, 0.4) is 0 Å². The van der Waals surface area contributed by atoms with E-state index in [0.717, 1.165) is 19.3 Å². The highest BCUT2D eigenvalue weighted by Gasteiger charge is 2.38. The standard InChI is InChI=1S/C34H56O4SSi2/c1-13-27(15-14-16-32(35)36-8)31-22-21-30(39-31)20-18-26-17-19-28(24-37-40(9,10)33(2,3)4)29(23-26)25-38-41(11,12)34(5,6)7/h15,17,19,21-23H,13-14,16,18,20,24-25H2,1-12H3. The van der Waals surface area contributed by atoms with Crippen LogP contribution in [0.2, 0.25) is 36.3 Å². The van der Waals surface area contributed by atoms with Gasteiger partial charge < -0.3 is 13.6 Å². The van der Waals surface area contributed by atoms with E-state index in [4.69, 9.17) is 13.6 Å². The van der Waals surface area contributed by atoms with E-state index >= 15 is 0 Å². The van der Waals surface area contributed by atoms with Crippen LogP contribution in [0.15, 0.2) is 36.4 Å². The first kappa shape index (κ1) is 35.7. The van der Waals surface area contributed by atoms with Crippen molar-refractivity contribution in [3.8, 4) is 0 Å². The van der Waals surface area contributed by atoms with Crippen molar-refractivity contribution in [3.63, 3.8) is 0 Å². The third kappa shape index (κ3) is 10.6. The first-order chi connectivity index (χ1) is 18.9. The number of benzene rings is 1. The third-order valence-electron chi connectivity index (χ3n) is 9.05. The molecular weight excluding hydrogens is 561 g/mol. The molecule has 0 N–H and O–H groups in total. The lowest BCUT2D eigenvalue weighted by Gasteiger charge is -2.37. The summed E-state index contributed by atoms with van der Waals surface area (Å²) in [5.74, 6) is -0.157. The molecule has 0 amide bonds. The second-order valence-corrected chi connectivity index (χ2v) is 25.0. The summed E-state index contributed by atoms with van der Waals surface area (Å²) in [7, 11) is -2.29. The van der Waals surface area contributed by atoms with Gasteiger partial charge in [0.25, 0.3) is 0 Å². The Balaban J connectivity index is 2.20. The number of allylic oxidation sites excluding steroid dienone is 2. The molecule has 0 spiro atoms. The predicted molar refractivity (Wildman–Crippen MR) is 182 cm³/mol. The molecule has 4 nitrogen and oxygen atoms in total. The zero-order chi connectivity index (χ0) is 31.1. The summed E-state index contributed by atoms with van der Waals surface area (Å²) in [6.45, 7) is 26.5. The number of hydrogen-bond donors (Lipinski definition) is 0. The van der Waals surface area contributed by atoms with Crippen LogP contribution in [0.5, 0.6) is 0 Å². The second kappa shape index (κ2) is 14.8. The first-order valence-electron chi connectivity index (χ1n) is 15.1. The van der Waals surface area contributed by atoms with Crippen molar-refractivity contribution < 1.29 is 18.4 Å². The van der Waals surface area contributed by atoms with Crippen LogP contribution in [-0.2, 0) is 44.4 Å². The van der Waals surface area contributed by atoms with Crippen LogP contribution in [0.1, 0.15) is 94.2 Å². The van der Waals surface area contributed by atoms with Gasteiger partial charge >= 0.3 is 5.97 Å². The van der Waals surface area contributed by atoms with Crippen LogP contribution in [0.25, 0.3) is 5.57 Å². The Kier molecular flexibility index (Phi) is 12.9. The first-order valence-corrected chi connectivity index (χ1v) is 21.8. The van der Waals surface area contributed by atoms with E-state index in [1.807, 2.05) is 11.3 Å². The van der Waals surface area contributed by atoms with E-state index in [1.54, 1.807) is 0 Å². The zero-order valence-corrected chi connectivity index (χ0v) is 30.8. The number of carbonyl (C=O) groups excluding carboxylic acids is 1. The van der Waals surface area contributed by atoms with Crippen molar-refractivity contribution in [2.75, 3.05) is 7.11 Å². The Morgan fingerprint density at radius 2 is 1.44 bits per heavy atom. The quantitative estimate of drug-likeness (QED) is 0.156. The summed E-state index contributed by atoms with van der Waals surface area (Å²) in [6.07, 6.45) is 6.28. The van der Waals surface area contributed by atoms with Crippen LogP contribution in [0.4, 0.5) is 0 Å². The average Bonchev–Trinajstić information content (AvgIpc) is 3.35. The summed E-state index contributed by atoms with van der Waals surface area (Å²) in [5, 5.41) is 0.350. The molecule has 1 heterocycles. The third-order valence-corrected chi connectivity index (χ3v) is 19.2. The lowest BCUT2D eigenvalue weighted by Crippen LogP contribution is -2.41. The summed E-state index contributed by atoms with van der Waals surface area (Å²) >= 11 is 1.87. The van der Waals surface area contributed by atoms with Gasteiger partial charge in [-0.05, 0) is 96.3 Å². The van der Waals surface area contributed by atoms with Crippen molar-refractivity contribution in [2.24, 2.45) is 0 Å². The summed E-state index contributed by atoms with van der Waals surface area (Å²) in [6, 6.07) is 11.4. The molecule has 0 fully saturated rings. The van der Waals surface area contributed by atoms with Crippen molar-refractivity contribution >= 4 is 39.5 Å². The fourth-order valence-corrected chi connectivity index (χ4v) is 6.91. The molecule has 0 aliphatic rings. The number of rotatable bonds is 14. The van der Waals surface area contributed by atoms with E-state index in [-0.39, 0.29) is 16.0 Å². The molecule has 41 heavy (non-hydrogen) atoms. The number of hydrogen-bond acceptors (Lipinski definition) is 5. The monoisotopic (exact) mass is 616 g/mol. The second-order valence-electron chi connectivity index (χ2n) is 14.2. The van der Waals surface area contributed by atoms with Crippen LogP contribution >= 0.6 is 11.3 Å². The van der Waals surface area contributed by atoms with Crippen molar-refractivity contribution in [1.82, 2.24) is 0 Å². The number of thiophene rings is 1. The molecule has 1 aromatic heterocycles. The SMILES string of the molecule is CCC(=CCCC(=O)OC)c1ccc(CCc2ccc(CO[Si](C)(C)C(C)(C)C)c(CO[Si](C)(C)C(C)(C)C)c2)s1. The van der Waals surface area contributed by atoms with Gasteiger partial charge in [0.15, 0.2) is 16.6 Å². The van der Waals surface area contributed by atoms with Gasteiger partial charge in [-0.25, -0.2) is 0 Å². The highest BCUT2D eigenvalue weighted by Crippen LogP contribution is 2.39. The maximum Gasteiger partial charge on any atom is 0.305 e. The minimum Gasteiger partial charge on any atom is -0.469 e. The Hall–Kier alpha value is -1.52. The molecule has 1 aromatic carbocycles. The number of esters is 1. The smallest absolute Gasteiger partial charge is 0.305 e. The highest BCUT2D eigenvalue weighted by atomic mass is 32.1. The molecule has 230 valence electrons. The number of methoxy groups -OCH3 is 1. The lowest BCUT2D eigenvalue weighted by atomic mass is 10.0. The van der Waals surface area contributed by atoms with Gasteiger partial charge in [-0.15, -0.1) is 11.3 Å². The van der Waals surface area contributed by atoms with Crippen molar-refractivity contribution in [2.45, 2.75) is 130 Å². The fraction of sp³-hybridized carbons (Fsp3) is 0.618. The van der Waals surface area contributed by atoms with Gasteiger partial charge in [0.1, 0.15) is 0 Å². The molecule has 0 aliphatic heterocycles. The highest BCUT2D eigenvalue weighted by molar-refractivity contribution is 7.13. The van der Waals surface area contributed by atoms with Crippen LogP contribution < -0.4 is 0 Å². The normalized spacial score (nSPS) is 13.5. The van der Waals surface area contributed by atoms with E-state index in [9.17, 15) is 4.79 Å². The molecule has 0 radical (unpaired) electrons. The molecule has 0 saturated heterocycles. The Morgan fingerprint density at radius 3 is 1.98 bits per heavy atom. The van der Waals surface area contributed by atoms with E-state index in [2.05, 4.69) is 111 Å². The maximum atomic E-state index is 11.5. The fourth-order valence-electron chi connectivity index (χ4n) is 3.90. The number of carbonyl (C=O) groups is 1. The molecule has 0 aliphatic carbocycles. The van der Waals surface area contributed by atoms with E-state index in [1.165, 1.54) is 39.1 Å². The summed E-state index contributed by atoms with van der Waals surface area (Å²) < 4.78 is 18.1. The maximum absolute atomic E-state index is 11.5. The molecular formula is C34H56O4SSi2. The molecule has 0 saturated carbocycles. The van der Waals surface area contributed by atoms with Gasteiger partial charge in [0.2, 0.25) is 0 Å². The summed E-state index contributed by atoms with van der Waals surface area (Å²) in [5.41, 5.74) is 5.16. The Labute approximate surface area is 257 Å². The van der Waals surface area contributed by atoms with E-state index in [0.29, 0.717) is 26.1 Å². The predicted octanol–water partition coefficient (Wildman–Crippen LogP) is 10.3. The number of aryl methyl sites for hydroxylation is 2. The van der Waals surface area contributed by atoms with Gasteiger partial charge in [-0.2, -0.15) is 0 Å². The van der Waals surface area contributed by atoms with Gasteiger partial charge in [0, 0.05) is 16.2 Å². The van der Waals surface area contributed by atoms with Gasteiger partial charge in [-0.1, -0.05) is 72.7 Å². The minimum absolute atomic E-state index is 0.157. The molecule has 0 unspecified atom stereocenters. The van der Waals surface area contributed by atoms with E-state index < -0.39 is 16.6 Å². The minimum atomic E-state index is -1.88. The lowest BCUT2D eigenvalue weighted by molar-refractivity contribution is -0.140. The Bertz CT molecular complexity index is 1170. The van der Waals surface area contributed by atoms with Crippen LogP contribution in [-0.4, -0.2) is 29.7 Å². The molecule has 2 aromatic rings.